The molecule has 0 heterocycles. The molecule has 0 saturated carbocycles. The zero-order valence-corrected chi connectivity index (χ0v) is 10.7. The molecule has 1 atom stereocenters. The highest BCUT2D eigenvalue weighted by Gasteiger charge is 2.09. The van der Waals surface area contributed by atoms with Crippen molar-refractivity contribution >= 4 is 5.78 Å². The molecule has 0 fully saturated rings. The van der Waals surface area contributed by atoms with Gasteiger partial charge in [0.2, 0.25) is 0 Å². The molecule has 0 aliphatic rings. The van der Waals surface area contributed by atoms with Crippen molar-refractivity contribution in [2.75, 3.05) is 6.61 Å². The lowest BCUT2D eigenvalue weighted by molar-refractivity contribution is -0.128. The molecule has 0 saturated heterocycles. The zero-order chi connectivity index (χ0) is 11.7. The molecule has 2 heteroatoms. The Balaban J connectivity index is 3.40. The monoisotopic (exact) mass is 214 g/mol. The van der Waals surface area contributed by atoms with Crippen molar-refractivity contribution in [1.29, 1.82) is 0 Å². The summed E-state index contributed by atoms with van der Waals surface area (Å²) < 4.78 is 5.50. The van der Waals surface area contributed by atoms with Crippen molar-refractivity contribution in [1.82, 2.24) is 0 Å². The summed E-state index contributed by atoms with van der Waals surface area (Å²) in [5, 5.41) is 0. The van der Waals surface area contributed by atoms with Gasteiger partial charge in [0, 0.05) is 5.92 Å². The van der Waals surface area contributed by atoms with E-state index in [0.717, 1.165) is 6.42 Å². The number of rotatable bonds is 9. The third-order valence-corrected chi connectivity index (χ3v) is 2.62. The molecule has 0 spiro atoms. The lowest BCUT2D eigenvalue weighted by Crippen LogP contribution is -2.19. The van der Waals surface area contributed by atoms with Crippen molar-refractivity contribution < 1.29 is 9.53 Å². The van der Waals surface area contributed by atoms with Crippen molar-refractivity contribution in [3.63, 3.8) is 0 Å². The molecule has 0 aromatic heterocycles. The third-order valence-electron chi connectivity index (χ3n) is 2.62. The van der Waals surface area contributed by atoms with Gasteiger partial charge in [-0.15, -0.1) is 0 Å². The Bertz CT molecular complexity index is 164. The van der Waals surface area contributed by atoms with Crippen molar-refractivity contribution in [2.24, 2.45) is 5.92 Å². The molecule has 1 unspecified atom stereocenters. The summed E-state index contributed by atoms with van der Waals surface area (Å²) in [5.41, 5.74) is 0. The lowest BCUT2D eigenvalue weighted by atomic mass is 10.1. The molecule has 0 radical (unpaired) electrons. The molecule has 0 aliphatic heterocycles. The van der Waals surface area contributed by atoms with E-state index in [9.17, 15) is 4.79 Å². The van der Waals surface area contributed by atoms with Gasteiger partial charge in [0.1, 0.15) is 6.61 Å². The van der Waals surface area contributed by atoms with Crippen LogP contribution in [0.4, 0.5) is 0 Å². The zero-order valence-electron chi connectivity index (χ0n) is 10.7. The first-order valence-corrected chi connectivity index (χ1v) is 6.22. The van der Waals surface area contributed by atoms with E-state index in [0.29, 0.717) is 0 Å². The number of ether oxygens (including phenoxy) is 1. The van der Waals surface area contributed by atoms with Gasteiger partial charge in [0.15, 0.2) is 5.78 Å². The van der Waals surface area contributed by atoms with Crippen LogP contribution in [0.3, 0.4) is 0 Å². The van der Waals surface area contributed by atoms with Crippen LogP contribution in [0.15, 0.2) is 0 Å². The molecule has 0 aromatic rings. The SMILES string of the molecule is CCCCCCC(C)OCC(=O)C(C)C. The lowest BCUT2D eigenvalue weighted by Gasteiger charge is -2.13. The quantitative estimate of drug-likeness (QED) is 0.548. The van der Waals surface area contributed by atoms with Crippen LogP contribution in [-0.4, -0.2) is 18.5 Å². The average molecular weight is 214 g/mol. The Morgan fingerprint density at radius 1 is 1.13 bits per heavy atom. The highest BCUT2D eigenvalue weighted by molar-refractivity contribution is 5.81. The number of carbonyl (C=O) groups is 1. The molecular formula is C13H26O2. The number of hydrogen-bond donors (Lipinski definition) is 0. The molecule has 0 rings (SSSR count). The van der Waals surface area contributed by atoms with Crippen LogP contribution in [0.25, 0.3) is 0 Å². The molecule has 0 amide bonds. The second-order valence-electron chi connectivity index (χ2n) is 4.59. The maximum Gasteiger partial charge on any atom is 0.160 e. The predicted octanol–water partition coefficient (Wildman–Crippen LogP) is 3.59. The third kappa shape index (κ3) is 8.61. The first-order chi connectivity index (χ1) is 7.07. The average Bonchev–Trinajstić information content (AvgIpc) is 2.20. The van der Waals surface area contributed by atoms with Crippen LogP contribution >= 0.6 is 0 Å². The van der Waals surface area contributed by atoms with Crippen LogP contribution in [-0.2, 0) is 9.53 Å². The fourth-order valence-electron chi connectivity index (χ4n) is 1.33. The molecule has 0 N–H and O–H groups in total. The minimum atomic E-state index is 0.0947. The highest BCUT2D eigenvalue weighted by atomic mass is 16.5. The van der Waals surface area contributed by atoms with Gasteiger partial charge >= 0.3 is 0 Å². The van der Waals surface area contributed by atoms with Gasteiger partial charge in [-0.05, 0) is 13.3 Å². The van der Waals surface area contributed by atoms with Crippen LogP contribution < -0.4 is 0 Å². The number of unbranched alkanes of at least 4 members (excludes halogenated alkanes) is 3. The topological polar surface area (TPSA) is 26.3 Å². The fraction of sp³-hybridized carbons (Fsp3) is 0.923. The first-order valence-electron chi connectivity index (χ1n) is 6.22. The summed E-state index contributed by atoms with van der Waals surface area (Å²) in [5.74, 6) is 0.299. The second kappa shape index (κ2) is 8.90. The Morgan fingerprint density at radius 2 is 1.80 bits per heavy atom. The second-order valence-corrected chi connectivity index (χ2v) is 4.59. The van der Waals surface area contributed by atoms with E-state index in [4.69, 9.17) is 4.74 Å². The standard InChI is InChI=1S/C13H26O2/c1-5-6-7-8-9-12(4)15-10-13(14)11(2)3/h11-12H,5-10H2,1-4H3. The normalized spacial score (nSPS) is 13.1. The molecule has 0 aliphatic carbocycles. The maximum atomic E-state index is 11.3. The molecule has 2 nitrogen and oxygen atoms in total. The molecular weight excluding hydrogens is 188 g/mol. The summed E-state index contributed by atoms with van der Waals surface area (Å²) in [6.45, 7) is 8.38. The first kappa shape index (κ1) is 14.6. The minimum absolute atomic E-state index is 0.0947. The number of ketones is 1. The van der Waals surface area contributed by atoms with Crippen molar-refractivity contribution in [2.45, 2.75) is 65.9 Å². The number of hydrogen-bond acceptors (Lipinski definition) is 2. The predicted molar refractivity (Wildman–Crippen MR) is 64.0 cm³/mol. The smallest absolute Gasteiger partial charge is 0.160 e. The summed E-state index contributed by atoms with van der Waals surface area (Å²) in [6.07, 6.45) is 6.36. The van der Waals surface area contributed by atoms with Gasteiger partial charge in [0.25, 0.3) is 0 Å². The van der Waals surface area contributed by atoms with Crippen LogP contribution in [0.5, 0.6) is 0 Å². The van der Waals surface area contributed by atoms with Gasteiger partial charge in [-0.3, -0.25) is 4.79 Å². The van der Waals surface area contributed by atoms with Gasteiger partial charge in [0.05, 0.1) is 6.10 Å². The van der Waals surface area contributed by atoms with Gasteiger partial charge in [-0.25, -0.2) is 0 Å². The van der Waals surface area contributed by atoms with E-state index in [1.807, 2.05) is 13.8 Å². The molecule has 0 aromatic carbocycles. The summed E-state index contributed by atoms with van der Waals surface area (Å²) >= 11 is 0. The van der Waals surface area contributed by atoms with E-state index in [1.54, 1.807) is 0 Å². The fourth-order valence-corrected chi connectivity index (χ4v) is 1.33. The number of Topliss-reactive ketones (excluding diaryl/α,β-unsaturated/α-hetero) is 1. The highest BCUT2D eigenvalue weighted by Crippen LogP contribution is 2.08. The number of carbonyl (C=O) groups excluding carboxylic acids is 1. The molecule has 0 bridgehead atoms. The van der Waals surface area contributed by atoms with Crippen molar-refractivity contribution in [3.8, 4) is 0 Å². The van der Waals surface area contributed by atoms with E-state index >= 15 is 0 Å². The summed E-state index contributed by atoms with van der Waals surface area (Å²) in [4.78, 5) is 11.3. The van der Waals surface area contributed by atoms with Crippen LogP contribution in [0.1, 0.15) is 59.8 Å². The van der Waals surface area contributed by atoms with E-state index in [-0.39, 0.29) is 24.4 Å². The summed E-state index contributed by atoms with van der Waals surface area (Å²) in [7, 11) is 0. The van der Waals surface area contributed by atoms with E-state index in [2.05, 4.69) is 13.8 Å². The Labute approximate surface area is 94.4 Å². The van der Waals surface area contributed by atoms with Gasteiger partial charge < -0.3 is 4.74 Å². The van der Waals surface area contributed by atoms with Gasteiger partial charge in [-0.1, -0.05) is 46.5 Å². The Hall–Kier alpha value is -0.370. The largest absolute Gasteiger partial charge is 0.371 e. The molecule has 15 heavy (non-hydrogen) atoms. The van der Waals surface area contributed by atoms with E-state index in [1.165, 1.54) is 25.7 Å². The van der Waals surface area contributed by atoms with E-state index < -0.39 is 0 Å². The van der Waals surface area contributed by atoms with Crippen LogP contribution in [0, 0.1) is 5.92 Å². The van der Waals surface area contributed by atoms with Gasteiger partial charge in [-0.2, -0.15) is 0 Å². The Morgan fingerprint density at radius 3 is 2.33 bits per heavy atom. The maximum absolute atomic E-state index is 11.3. The van der Waals surface area contributed by atoms with Crippen molar-refractivity contribution in [3.05, 3.63) is 0 Å². The molecule has 90 valence electrons. The summed E-state index contributed by atoms with van der Waals surface area (Å²) in [6, 6.07) is 0. The van der Waals surface area contributed by atoms with Crippen LogP contribution in [0.2, 0.25) is 0 Å². The minimum Gasteiger partial charge on any atom is -0.371 e. The Kier molecular flexibility index (Phi) is 8.68.